The van der Waals surface area contributed by atoms with E-state index in [1.807, 2.05) is 6.92 Å². The number of carbonyl (C=O) groups is 1. The molecule has 0 atom stereocenters. The number of hydrogen-bond donors (Lipinski definition) is 1. The number of thiophene rings is 1. The molecule has 0 bridgehead atoms. The fourth-order valence-corrected chi connectivity index (χ4v) is 4.28. The Labute approximate surface area is 120 Å². The summed E-state index contributed by atoms with van der Waals surface area (Å²) in [5, 5.41) is 1.36. The number of methoxy groups -OCH3 is 1. The van der Waals surface area contributed by atoms with Gasteiger partial charge >= 0.3 is 5.97 Å². The summed E-state index contributed by atoms with van der Waals surface area (Å²) < 4.78 is 29.5. The Morgan fingerprint density at radius 2 is 1.85 bits per heavy atom. The van der Waals surface area contributed by atoms with Crippen LogP contribution in [0.1, 0.15) is 15.2 Å². The zero-order valence-electron chi connectivity index (χ0n) is 10.9. The molecule has 0 aliphatic heterocycles. The van der Waals surface area contributed by atoms with Crippen molar-refractivity contribution in [2.75, 3.05) is 12.8 Å². The van der Waals surface area contributed by atoms with Crippen LogP contribution in [0.15, 0.2) is 39.4 Å². The molecule has 0 unspecified atom stereocenters. The number of esters is 1. The first-order chi connectivity index (χ1) is 9.37. The van der Waals surface area contributed by atoms with Crippen molar-refractivity contribution in [3.8, 4) is 0 Å². The molecule has 0 fully saturated rings. The summed E-state index contributed by atoms with van der Waals surface area (Å²) >= 11 is 0.955. The van der Waals surface area contributed by atoms with Gasteiger partial charge in [0.25, 0.3) is 0 Å². The van der Waals surface area contributed by atoms with Crippen molar-refractivity contribution in [3.05, 3.63) is 40.1 Å². The summed E-state index contributed by atoms with van der Waals surface area (Å²) in [5.74, 6) is -0.641. The van der Waals surface area contributed by atoms with Gasteiger partial charge in [-0.25, -0.2) is 13.2 Å². The minimum absolute atomic E-state index is 0.0632. The molecule has 0 aliphatic rings. The fraction of sp³-hybridized carbons (Fsp3) is 0.154. The molecule has 0 saturated heterocycles. The zero-order chi connectivity index (χ0) is 14.9. The van der Waals surface area contributed by atoms with E-state index in [2.05, 4.69) is 4.74 Å². The van der Waals surface area contributed by atoms with Gasteiger partial charge in [0.15, 0.2) is 0 Å². The van der Waals surface area contributed by atoms with Gasteiger partial charge in [0.2, 0.25) is 9.84 Å². The van der Waals surface area contributed by atoms with Crippen molar-refractivity contribution in [1.82, 2.24) is 0 Å². The van der Waals surface area contributed by atoms with E-state index >= 15 is 0 Å². The van der Waals surface area contributed by atoms with E-state index in [1.54, 1.807) is 12.1 Å². The van der Waals surface area contributed by atoms with E-state index in [9.17, 15) is 13.2 Å². The number of nitrogen functional groups attached to an aromatic ring is 1. The Bertz CT molecular complexity index is 745. The number of carbonyl (C=O) groups excluding carboxylic acids is 1. The molecule has 0 radical (unpaired) electrons. The molecule has 1 aromatic heterocycles. The molecule has 0 spiro atoms. The molecule has 7 heteroatoms. The molecular weight excluding hydrogens is 298 g/mol. The van der Waals surface area contributed by atoms with Crippen molar-refractivity contribution >= 4 is 32.8 Å². The molecule has 1 heterocycles. The number of rotatable bonds is 3. The van der Waals surface area contributed by atoms with Gasteiger partial charge < -0.3 is 10.5 Å². The normalized spacial score (nSPS) is 11.3. The Morgan fingerprint density at radius 3 is 2.40 bits per heavy atom. The number of hydrogen-bond acceptors (Lipinski definition) is 6. The Balaban J connectivity index is 2.53. The number of anilines is 1. The van der Waals surface area contributed by atoms with E-state index in [4.69, 9.17) is 5.73 Å². The number of aryl methyl sites for hydroxylation is 1. The van der Waals surface area contributed by atoms with E-state index in [0.717, 1.165) is 16.9 Å². The van der Waals surface area contributed by atoms with Crippen LogP contribution in [0.2, 0.25) is 0 Å². The number of benzene rings is 1. The Hall–Kier alpha value is -1.86. The second kappa shape index (κ2) is 5.26. The van der Waals surface area contributed by atoms with Crippen molar-refractivity contribution < 1.29 is 17.9 Å². The first kappa shape index (κ1) is 14.5. The van der Waals surface area contributed by atoms with E-state index in [1.165, 1.54) is 24.6 Å². The summed E-state index contributed by atoms with van der Waals surface area (Å²) in [6, 6.07) is 6.44. The summed E-state index contributed by atoms with van der Waals surface area (Å²) in [4.78, 5) is 11.6. The molecule has 2 N–H and O–H groups in total. The van der Waals surface area contributed by atoms with E-state index in [0.29, 0.717) is 0 Å². The number of nitrogens with two attached hydrogens (primary N) is 1. The van der Waals surface area contributed by atoms with Crippen LogP contribution >= 0.6 is 11.3 Å². The molecule has 106 valence electrons. The average Bonchev–Trinajstić information content (AvgIpc) is 2.81. The van der Waals surface area contributed by atoms with Gasteiger partial charge in [0.1, 0.15) is 9.77 Å². The highest BCUT2D eigenvalue weighted by Gasteiger charge is 2.26. The van der Waals surface area contributed by atoms with Crippen molar-refractivity contribution in [1.29, 1.82) is 0 Å². The van der Waals surface area contributed by atoms with Crippen LogP contribution < -0.4 is 5.73 Å². The van der Waals surface area contributed by atoms with Gasteiger partial charge in [-0.3, -0.25) is 0 Å². The quantitative estimate of drug-likeness (QED) is 0.879. The highest BCUT2D eigenvalue weighted by molar-refractivity contribution is 7.91. The lowest BCUT2D eigenvalue weighted by Crippen LogP contribution is -2.07. The molecule has 2 rings (SSSR count). The second-order valence-electron chi connectivity index (χ2n) is 4.15. The highest BCUT2D eigenvalue weighted by atomic mass is 32.2. The minimum Gasteiger partial charge on any atom is -0.465 e. The maximum Gasteiger partial charge on any atom is 0.350 e. The van der Waals surface area contributed by atoms with Crippen molar-refractivity contribution in [3.63, 3.8) is 0 Å². The van der Waals surface area contributed by atoms with Crippen molar-refractivity contribution in [2.45, 2.75) is 16.7 Å². The third-order valence-corrected chi connectivity index (χ3v) is 5.72. The van der Waals surface area contributed by atoms with Crippen LogP contribution in [0.3, 0.4) is 0 Å². The maximum atomic E-state index is 12.5. The second-order valence-corrected chi connectivity index (χ2v) is 6.95. The van der Waals surface area contributed by atoms with Gasteiger partial charge in [-0.05, 0) is 19.1 Å². The molecule has 5 nitrogen and oxygen atoms in total. The Kier molecular flexibility index (Phi) is 3.82. The molecule has 20 heavy (non-hydrogen) atoms. The van der Waals surface area contributed by atoms with Crippen LogP contribution in [0, 0.1) is 6.92 Å². The zero-order valence-corrected chi connectivity index (χ0v) is 12.5. The first-order valence-electron chi connectivity index (χ1n) is 5.65. The third kappa shape index (κ3) is 2.41. The number of sulfone groups is 1. The van der Waals surface area contributed by atoms with Gasteiger partial charge in [0, 0.05) is 5.38 Å². The van der Waals surface area contributed by atoms with Gasteiger partial charge in [-0.1, -0.05) is 17.7 Å². The largest absolute Gasteiger partial charge is 0.465 e. The standard InChI is InChI=1S/C13H13NO4S2/c1-8-3-5-9(6-4-8)20(16,17)10-7-19-12(11(10)14)13(15)18-2/h3-7H,14H2,1-2H3. The Morgan fingerprint density at radius 1 is 1.25 bits per heavy atom. The molecule has 0 aliphatic carbocycles. The lowest BCUT2D eigenvalue weighted by atomic mass is 10.2. The summed E-state index contributed by atoms with van der Waals surface area (Å²) in [5.41, 5.74) is 6.65. The first-order valence-corrected chi connectivity index (χ1v) is 8.01. The van der Waals surface area contributed by atoms with Crippen LogP contribution in [0.5, 0.6) is 0 Å². The van der Waals surface area contributed by atoms with E-state index < -0.39 is 15.8 Å². The van der Waals surface area contributed by atoms with Gasteiger partial charge in [-0.2, -0.15) is 0 Å². The lowest BCUT2D eigenvalue weighted by Gasteiger charge is -2.05. The van der Waals surface area contributed by atoms with Crippen LogP contribution in [-0.4, -0.2) is 21.5 Å². The predicted molar refractivity (Wildman–Crippen MR) is 76.7 cm³/mol. The fourth-order valence-electron chi connectivity index (χ4n) is 1.65. The molecule has 0 amide bonds. The van der Waals surface area contributed by atoms with E-state index in [-0.39, 0.29) is 20.4 Å². The molecule has 0 saturated carbocycles. The maximum absolute atomic E-state index is 12.5. The topological polar surface area (TPSA) is 86.5 Å². The van der Waals surface area contributed by atoms with Crippen LogP contribution in [0.25, 0.3) is 0 Å². The summed E-state index contributed by atoms with van der Waals surface area (Å²) in [6.07, 6.45) is 0. The summed E-state index contributed by atoms with van der Waals surface area (Å²) in [7, 11) is -2.51. The van der Waals surface area contributed by atoms with Crippen LogP contribution in [0.4, 0.5) is 5.69 Å². The third-order valence-electron chi connectivity index (χ3n) is 2.79. The number of ether oxygens (including phenoxy) is 1. The monoisotopic (exact) mass is 311 g/mol. The highest BCUT2D eigenvalue weighted by Crippen LogP contribution is 2.33. The molecule has 2 aromatic rings. The molecular formula is C13H13NO4S2. The smallest absolute Gasteiger partial charge is 0.350 e. The van der Waals surface area contributed by atoms with Gasteiger partial charge in [0.05, 0.1) is 17.7 Å². The summed E-state index contributed by atoms with van der Waals surface area (Å²) in [6.45, 7) is 1.87. The average molecular weight is 311 g/mol. The minimum atomic E-state index is -3.73. The predicted octanol–water partition coefficient (Wildman–Crippen LogP) is 2.26. The van der Waals surface area contributed by atoms with Gasteiger partial charge in [-0.15, -0.1) is 11.3 Å². The SMILES string of the molecule is COC(=O)c1scc(S(=O)(=O)c2ccc(C)cc2)c1N. The molecule has 1 aromatic carbocycles. The van der Waals surface area contributed by atoms with Crippen molar-refractivity contribution in [2.24, 2.45) is 0 Å². The van der Waals surface area contributed by atoms with Crippen LogP contribution in [-0.2, 0) is 14.6 Å². The lowest BCUT2D eigenvalue weighted by molar-refractivity contribution is 0.0607.